The van der Waals surface area contributed by atoms with Gasteiger partial charge in [-0.1, -0.05) is 29.8 Å². The molecule has 0 unspecified atom stereocenters. The van der Waals surface area contributed by atoms with Crippen LogP contribution < -0.4 is 10.7 Å². The van der Waals surface area contributed by atoms with Gasteiger partial charge in [-0.15, -0.1) is 11.3 Å². The molecule has 29 heavy (non-hydrogen) atoms. The van der Waals surface area contributed by atoms with Gasteiger partial charge in [-0.3, -0.25) is 9.59 Å². The van der Waals surface area contributed by atoms with Gasteiger partial charge in [0.2, 0.25) is 0 Å². The van der Waals surface area contributed by atoms with Crippen molar-refractivity contribution in [3.05, 3.63) is 69.6 Å². The molecule has 150 valence electrons. The molecule has 3 aromatic rings. The summed E-state index contributed by atoms with van der Waals surface area (Å²) in [7, 11) is 0. The molecule has 2 aromatic carbocycles. The Kier molecular flexibility index (Phi) is 6.19. The quantitative estimate of drug-likeness (QED) is 0.455. The molecule has 0 aliphatic heterocycles. The van der Waals surface area contributed by atoms with Crippen LogP contribution in [0.5, 0.6) is 0 Å². The topological polar surface area (TPSA) is 70.6 Å². The van der Waals surface area contributed by atoms with Crippen molar-refractivity contribution in [2.24, 2.45) is 5.10 Å². The highest BCUT2D eigenvalue weighted by atomic mass is 35.5. The van der Waals surface area contributed by atoms with Crippen molar-refractivity contribution in [3.8, 4) is 0 Å². The van der Waals surface area contributed by atoms with E-state index >= 15 is 0 Å². The molecule has 0 saturated heterocycles. The van der Waals surface area contributed by atoms with Crippen LogP contribution >= 0.6 is 22.9 Å². The van der Waals surface area contributed by atoms with E-state index < -0.39 is 30.1 Å². The van der Waals surface area contributed by atoms with Gasteiger partial charge in [0, 0.05) is 31.6 Å². The minimum atomic E-state index is -4.64. The lowest BCUT2D eigenvalue weighted by molar-refractivity contribution is -0.137. The molecule has 0 atom stereocenters. The third kappa shape index (κ3) is 5.33. The summed E-state index contributed by atoms with van der Waals surface area (Å²) in [6.07, 6.45) is -3.16. The Morgan fingerprint density at radius 3 is 2.69 bits per heavy atom. The third-order valence-electron chi connectivity index (χ3n) is 3.80. The summed E-state index contributed by atoms with van der Waals surface area (Å²) in [5.41, 5.74) is 1.73. The minimum Gasteiger partial charge on any atom is -0.343 e. The van der Waals surface area contributed by atoms with Gasteiger partial charge >= 0.3 is 6.18 Å². The first-order valence-electron chi connectivity index (χ1n) is 8.18. The second kappa shape index (κ2) is 8.62. The average molecular weight is 440 g/mol. The minimum absolute atomic E-state index is 0.234. The summed E-state index contributed by atoms with van der Waals surface area (Å²) < 4.78 is 39.5. The van der Waals surface area contributed by atoms with Crippen molar-refractivity contribution in [3.63, 3.8) is 0 Å². The van der Waals surface area contributed by atoms with Gasteiger partial charge in [-0.25, -0.2) is 5.43 Å². The van der Waals surface area contributed by atoms with Crippen LogP contribution in [0.15, 0.2) is 52.9 Å². The van der Waals surface area contributed by atoms with Crippen LogP contribution in [0.25, 0.3) is 10.1 Å². The second-order valence-electron chi connectivity index (χ2n) is 5.89. The van der Waals surface area contributed by atoms with Crippen molar-refractivity contribution in [1.82, 2.24) is 10.7 Å². The Hall–Kier alpha value is -2.91. The third-order valence-corrected chi connectivity index (χ3v) is 5.00. The van der Waals surface area contributed by atoms with Gasteiger partial charge in [-0.2, -0.15) is 18.3 Å². The Morgan fingerprint density at radius 2 is 1.93 bits per heavy atom. The normalized spacial score (nSPS) is 11.7. The number of rotatable bonds is 5. The number of nitrogens with zero attached hydrogens (tertiary/aromatic N) is 1. The molecule has 0 bridgehead atoms. The molecular formula is C19H13ClF3N3O2S. The lowest BCUT2D eigenvalue weighted by Crippen LogP contribution is -2.35. The first-order chi connectivity index (χ1) is 13.7. The van der Waals surface area contributed by atoms with Crippen molar-refractivity contribution in [1.29, 1.82) is 0 Å². The first kappa shape index (κ1) is 20.8. The van der Waals surface area contributed by atoms with Gasteiger partial charge in [-0.05, 0) is 24.3 Å². The Morgan fingerprint density at radius 1 is 1.17 bits per heavy atom. The smallest absolute Gasteiger partial charge is 0.343 e. The van der Waals surface area contributed by atoms with E-state index in [2.05, 4.69) is 15.8 Å². The van der Waals surface area contributed by atoms with E-state index in [9.17, 15) is 22.8 Å². The molecule has 10 heteroatoms. The molecule has 0 radical (unpaired) electrons. The molecule has 5 nitrogen and oxygen atoms in total. The van der Waals surface area contributed by atoms with Crippen LogP contribution in [0.1, 0.15) is 21.5 Å². The van der Waals surface area contributed by atoms with Crippen molar-refractivity contribution in [2.45, 2.75) is 6.18 Å². The molecule has 1 aromatic heterocycles. The maximum Gasteiger partial charge on any atom is 0.416 e. The van der Waals surface area contributed by atoms with Crippen LogP contribution in [0.3, 0.4) is 0 Å². The Balaban J connectivity index is 1.57. The van der Waals surface area contributed by atoms with Gasteiger partial charge < -0.3 is 5.32 Å². The first-order valence-corrected chi connectivity index (χ1v) is 9.44. The SMILES string of the molecule is O=C(CNC(=O)c1cc(Cl)cc(C(F)(F)F)c1)NN=Cc1csc2ccccc12. The van der Waals surface area contributed by atoms with Crippen LogP contribution in [0.2, 0.25) is 5.02 Å². The fourth-order valence-corrected chi connectivity index (χ4v) is 3.61. The maximum absolute atomic E-state index is 12.8. The van der Waals surface area contributed by atoms with E-state index in [1.54, 1.807) is 0 Å². The highest BCUT2D eigenvalue weighted by Gasteiger charge is 2.31. The van der Waals surface area contributed by atoms with Crippen molar-refractivity contribution < 1.29 is 22.8 Å². The second-order valence-corrected chi connectivity index (χ2v) is 7.24. The van der Waals surface area contributed by atoms with E-state index in [1.807, 2.05) is 29.6 Å². The molecule has 2 N–H and O–H groups in total. The predicted molar refractivity (Wildman–Crippen MR) is 106 cm³/mol. The molecule has 0 saturated carbocycles. The summed E-state index contributed by atoms with van der Waals surface area (Å²) >= 11 is 7.18. The lowest BCUT2D eigenvalue weighted by atomic mass is 10.1. The standard InChI is InChI=1S/C19H13ClF3N3O2S/c20-14-6-11(5-13(7-14)19(21,22)23)18(28)24-9-17(27)26-25-8-12-10-29-16-4-2-1-3-15(12)16/h1-8,10H,9H2,(H,24,28)(H,26,27). The summed E-state index contributed by atoms with van der Waals surface area (Å²) in [4.78, 5) is 23.9. The summed E-state index contributed by atoms with van der Waals surface area (Å²) in [5.74, 6) is -1.49. The van der Waals surface area contributed by atoms with Crippen LogP contribution in [0, 0.1) is 0 Å². The molecule has 3 rings (SSSR count). The maximum atomic E-state index is 12.8. The fraction of sp³-hybridized carbons (Fsp3) is 0.105. The van der Waals surface area contributed by atoms with E-state index in [0.717, 1.165) is 21.7 Å². The van der Waals surface area contributed by atoms with Crippen LogP contribution in [-0.2, 0) is 11.0 Å². The predicted octanol–water partition coefficient (Wildman–Crippen LogP) is 4.45. The zero-order chi connectivity index (χ0) is 21.0. The number of hydrazone groups is 1. The average Bonchev–Trinajstić information content (AvgIpc) is 3.08. The van der Waals surface area contributed by atoms with Crippen LogP contribution in [-0.4, -0.2) is 24.6 Å². The van der Waals surface area contributed by atoms with E-state index in [-0.39, 0.29) is 10.6 Å². The molecule has 0 spiro atoms. The molecule has 0 aliphatic rings. The van der Waals surface area contributed by atoms with Gasteiger partial charge in [0.25, 0.3) is 11.8 Å². The Bertz CT molecular complexity index is 1100. The molecule has 0 aliphatic carbocycles. The van der Waals surface area contributed by atoms with Crippen molar-refractivity contribution in [2.75, 3.05) is 6.54 Å². The number of alkyl halides is 3. The lowest BCUT2D eigenvalue weighted by Gasteiger charge is -2.10. The number of thiophene rings is 1. The summed E-state index contributed by atoms with van der Waals surface area (Å²) in [6, 6.07) is 10.2. The molecule has 2 amide bonds. The van der Waals surface area contributed by atoms with Gasteiger partial charge in [0.1, 0.15) is 0 Å². The van der Waals surface area contributed by atoms with E-state index in [0.29, 0.717) is 12.1 Å². The van der Waals surface area contributed by atoms with Crippen LogP contribution in [0.4, 0.5) is 13.2 Å². The Labute approximate surface area is 172 Å². The summed E-state index contributed by atoms with van der Waals surface area (Å²) in [6.45, 7) is -0.464. The van der Waals surface area contributed by atoms with Gasteiger partial charge in [0.15, 0.2) is 0 Å². The number of hydrogen-bond acceptors (Lipinski definition) is 4. The molecule has 1 heterocycles. The molecular weight excluding hydrogens is 427 g/mol. The molecule has 0 fully saturated rings. The number of carbonyl (C=O) groups is 2. The number of carbonyl (C=O) groups excluding carboxylic acids is 2. The fourth-order valence-electron chi connectivity index (χ4n) is 2.46. The van der Waals surface area contributed by atoms with E-state index in [4.69, 9.17) is 11.6 Å². The van der Waals surface area contributed by atoms with E-state index in [1.165, 1.54) is 17.6 Å². The zero-order valence-corrected chi connectivity index (χ0v) is 16.2. The zero-order valence-electron chi connectivity index (χ0n) is 14.6. The van der Waals surface area contributed by atoms with Crippen molar-refractivity contribution >= 4 is 51.1 Å². The largest absolute Gasteiger partial charge is 0.416 e. The highest BCUT2D eigenvalue weighted by Crippen LogP contribution is 2.31. The van der Waals surface area contributed by atoms with Gasteiger partial charge in [0.05, 0.1) is 18.3 Å². The number of halogens is 4. The number of nitrogens with one attached hydrogen (secondary N) is 2. The number of fused-ring (bicyclic) bond motifs is 1. The number of hydrogen-bond donors (Lipinski definition) is 2. The monoisotopic (exact) mass is 439 g/mol. The number of benzene rings is 2. The summed E-state index contributed by atoms with van der Waals surface area (Å²) in [5, 5.41) is 8.71. The number of amides is 2. The highest BCUT2D eigenvalue weighted by molar-refractivity contribution is 7.17.